The highest BCUT2D eigenvalue weighted by atomic mass is 16.5. The van der Waals surface area contributed by atoms with Crippen molar-refractivity contribution in [3.8, 4) is 0 Å². The summed E-state index contributed by atoms with van der Waals surface area (Å²) >= 11 is 0. The molecular formula is C12H11N2O2+. The molecule has 0 saturated heterocycles. The third-order valence-electron chi connectivity index (χ3n) is 2.22. The van der Waals surface area contributed by atoms with E-state index in [1.54, 1.807) is 36.4 Å². The van der Waals surface area contributed by atoms with Gasteiger partial charge in [-0.2, -0.15) is 0 Å². The lowest BCUT2D eigenvalue weighted by molar-refractivity contribution is 0.389. The smallest absolute Gasteiger partial charge is 0.263 e. The largest absolute Gasteiger partial charge is 0.291 e. The topological polar surface area (TPSA) is 52.3 Å². The molecule has 0 fully saturated rings. The van der Waals surface area contributed by atoms with Crippen molar-refractivity contribution in [1.29, 1.82) is 0 Å². The van der Waals surface area contributed by atoms with Crippen LogP contribution >= 0.6 is 0 Å². The number of hydrogen-bond donors (Lipinski definition) is 2. The number of rotatable bonds is 3. The minimum atomic E-state index is 0.519. The molecule has 0 aliphatic carbocycles. The molecule has 0 radical (unpaired) electrons. The number of nitrogens with zero attached hydrogens (tertiary/aromatic N) is 1. The van der Waals surface area contributed by atoms with E-state index >= 15 is 0 Å². The van der Waals surface area contributed by atoms with Crippen molar-refractivity contribution < 1.29 is 5.21 Å². The highest BCUT2D eigenvalue weighted by molar-refractivity contribution is 5.55. The van der Waals surface area contributed by atoms with Crippen molar-refractivity contribution in [2.24, 2.45) is 0 Å². The molecule has 0 unspecified atom stereocenters. The predicted molar refractivity (Wildman–Crippen MR) is 63.1 cm³/mol. The molecule has 0 atom stereocenters. The van der Waals surface area contributed by atoms with Gasteiger partial charge in [-0.25, -0.2) is 0 Å². The monoisotopic (exact) mass is 215 g/mol. The first-order valence-corrected chi connectivity index (χ1v) is 4.84. The van der Waals surface area contributed by atoms with Gasteiger partial charge in [-0.05, 0) is 12.1 Å². The molecule has 2 rings (SSSR count). The molecule has 0 amide bonds. The third kappa shape index (κ3) is 2.07. The van der Waals surface area contributed by atoms with Gasteiger partial charge < -0.3 is 0 Å². The van der Waals surface area contributed by atoms with Crippen molar-refractivity contribution in [2.75, 3.05) is 5.48 Å². The lowest BCUT2D eigenvalue weighted by Crippen LogP contribution is -1.97. The molecular weight excluding hydrogens is 204 g/mol. The molecule has 2 N–H and O–H groups in total. The summed E-state index contributed by atoms with van der Waals surface area (Å²) in [6.45, 7) is 0. The summed E-state index contributed by atoms with van der Waals surface area (Å²) in [7, 11) is 0. The average molecular weight is 215 g/mol. The molecule has 0 spiro atoms. The third-order valence-corrected chi connectivity index (χ3v) is 2.22. The Labute approximate surface area is 92.7 Å². The van der Waals surface area contributed by atoms with Gasteiger partial charge in [0.15, 0.2) is 0 Å². The summed E-state index contributed by atoms with van der Waals surface area (Å²) in [5, 5.41) is 8.64. The Balaban J connectivity index is 2.28. The quantitative estimate of drug-likeness (QED) is 0.611. The van der Waals surface area contributed by atoms with E-state index in [-0.39, 0.29) is 0 Å². The molecule has 4 nitrogen and oxygen atoms in total. The van der Waals surface area contributed by atoms with Crippen LogP contribution in [-0.2, 0) is 0 Å². The van der Waals surface area contributed by atoms with Crippen molar-refractivity contribution in [3.05, 3.63) is 59.5 Å². The van der Waals surface area contributed by atoms with Crippen LogP contribution in [0.3, 0.4) is 0 Å². The van der Waals surface area contributed by atoms with Gasteiger partial charge in [0.05, 0.1) is 10.4 Å². The highest BCUT2D eigenvalue weighted by Gasteiger charge is 2.16. The van der Waals surface area contributed by atoms with Gasteiger partial charge in [-0.3, -0.25) is 10.7 Å². The van der Waals surface area contributed by atoms with Crippen LogP contribution < -0.4 is 10.2 Å². The fraction of sp³-hybridized carbons (Fsp3) is 0. The van der Waals surface area contributed by atoms with E-state index in [1.165, 1.54) is 0 Å². The zero-order valence-electron chi connectivity index (χ0n) is 8.50. The Hall–Kier alpha value is -2.20. The van der Waals surface area contributed by atoms with E-state index in [0.29, 0.717) is 17.1 Å². The van der Waals surface area contributed by atoms with E-state index < -0.39 is 0 Å². The maximum Gasteiger partial charge on any atom is 0.263 e. The first-order valence-electron chi connectivity index (χ1n) is 4.84. The Morgan fingerprint density at radius 2 is 1.44 bits per heavy atom. The van der Waals surface area contributed by atoms with Crippen molar-refractivity contribution in [1.82, 2.24) is 4.76 Å². The molecule has 0 bridgehead atoms. The van der Waals surface area contributed by atoms with E-state index in [4.69, 9.17) is 5.21 Å². The van der Waals surface area contributed by atoms with Gasteiger partial charge in [0, 0.05) is 29.2 Å². The Bertz CT molecular complexity index is 480. The molecule has 0 heterocycles. The fourth-order valence-electron chi connectivity index (χ4n) is 1.38. The van der Waals surface area contributed by atoms with Crippen LogP contribution in [0.2, 0.25) is 0 Å². The number of nitrogens with one attached hydrogen (secondary N) is 1. The first-order chi connectivity index (χ1) is 7.81. The Morgan fingerprint density at radius 1 is 0.875 bits per heavy atom. The van der Waals surface area contributed by atoms with Gasteiger partial charge >= 0.3 is 0 Å². The molecule has 0 aromatic heterocycles. The first kappa shape index (κ1) is 10.3. The van der Waals surface area contributed by atoms with Gasteiger partial charge in [-0.15, -0.1) is 0 Å². The second kappa shape index (κ2) is 4.55. The normalized spacial score (nSPS) is 9.81. The van der Waals surface area contributed by atoms with Crippen molar-refractivity contribution >= 4 is 17.1 Å². The number of anilines is 1. The van der Waals surface area contributed by atoms with Crippen LogP contribution in [0, 0.1) is 4.91 Å². The minimum Gasteiger partial charge on any atom is -0.291 e. The maximum atomic E-state index is 11.9. The fourth-order valence-corrected chi connectivity index (χ4v) is 1.38. The summed E-state index contributed by atoms with van der Waals surface area (Å²) in [4.78, 5) is 11.9. The standard InChI is InChI=1S/C12H11N2O2/c15-13-10-6-8-12(9-7-10)14(16)11-4-2-1-3-5-11/h1-9,13,15H/q+1. The second-order valence-corrected chi connectivity index (χ2v) is 3.29. The molecule has 16 heavy (non-hydrogen) atoms. The molecule has 0 aliphatic rings. The zero-order chi connectivity index (χ0) is 11.4. The lowest BCUT2D eigenvalue weighted by atomic mass is 10.2. The molecule has 0 aliphatic heterocycles. The summed E-state index contributed by atoms with van der Waals surface area (Å²) in [6, 6.07) is 15.5. The van der Waals surface area contributed by atoms with Crippen LogP contribution in [0.25, 0.3) is 0 Å². The van der Waals surface area contributed by atoms with E-state index in [1.807, 2.05) is 23.7 Å². The Morgan fingerprint density at radius 3 is 2.00 bits per heavy atom. The van der Waals surface area contributed by atoms with E-state index in [2.05, 4.69) is 0 Å². The second-order valence-electron chi connectivity index (χ2n) is 3.29. The van der Waals surface area contributed by atoms with Crippen molar-refractivity contribution in [2.45, 2.75) is 0 Å². The van der Waals surface area contributed by atoms with Crippen LogP contribution in [-0.4, -0.2) is 5.21 Å². The van der Waals surface area contributed by atoms with Crippen LogP contribution in [0.15, 0.2) is 54.6 Å². The molecule has 0 saturated carbocycles. The lowest BCUT2D eigenvalue weighted by Gasteiger charge is -1.96. The van der Waals surface area contributed by atoms with Crippen LogP contribution in [0.5, 0.6) is 0 Å². The molecule has 2 aromatic carbocycles. The van der Waals surface area contributed by atoms with Gasteiger partial charge in [0.2, 0.25) is 0 Å². The number of para-hydroxylation sites is 1. The van der Waals surface area contributed by atoms with E-state index in [9.17, 15) is 4.91 Å². The van der Waals surface area contributed by atoms with Gasteiger partial charge in [-0.1, -0.05) is 18.2 Å². The SMILES string of the molecule is O=[N+](c1ccccc1)c1ccc(NO)cc1. The van der Waals surface area contributed by atoms with Gasteiger partial charge in [0.25, 0.3) is 11.4 Å². The number of benzene rings is 2. The molecule has 80 valence electrons. The summed E-state index contributed by atoms with van der Waals surface area (Å²) in [6.07, 6.45) is 0. The summed E-state index contributed by atoms with van der Waals surface area (Å²) in [5.41, 5.74) is 3.65. The number of nitroso groups, excluding NO2 is 1. The summed E-state index contributed by atoms with van der Waals surface area (Å²) in [5.74, 6) is 0. The molecule has 2 aromatic rings. The predicted octanol–water partition coefficient (Wildman–Crippen LogP) is 3.09. The maximum absolute atomic E-state index is 11.9. The molecule has 4 heteroatoms. The van der Waals surface area contributed by atoms with E-state index in [0.717, 1.165) is 4.76 Å². The van der Waals surface area contributed by atoms with Crippen LogP contribution in [0.4, 0.5) is 17.1 Å². The highest BCUT2D eigenvalue weighted by Crippen LogP contribution is 2.21. The number of hydrogen-bond acceptors (Lipinski definition) is 3. The zero-order valence-corrected chi connectivity index (χ0v) is 8.50. The van der Waals surface area contributed by atoms with Crippen molar-refractivity contribution in [3.63, 3.8) is 0 Å². The summed E-state index contributed by atoms with van der Waals surface area (Å²) < 4.78 is 0.834. The Kier molecular flexibility index (Phi) is 2.93. The van der Waals surface area contributed by atoms with Crippen LogP contribution in [0.1, 0.15) is 0 Å². The minimum absolute atomic E-state index is 0.519. The van der Waals surface area contributed by atoms with Gasteiger partial charge in [0.1, 0.15) is 0 Å². The average Bonchev–Trinajstić information content (AvgIpc) is 2.39.